The number of nitrogens with zero attached hydrogens (tertiary/aromatic N) is 6. The molecule has 80 valence electrons. The number of aromatic nitrogens is 5. The summed E-state index contributed by atoms with van der Waals surface area (Å²) in [6.45, 7) is 1.89. The minimum absolute atomic E-state index is 0.0362. The summed E-state index contributed by atoms with van der Waals surface area (Å²) in [6, 6.07) is 3.60. The average Bonchev–Trinajstić information content (AvgIpc) is 2.74. The SMILES string of the molecule is CC(Br)c1nc(C#N)nn1-c1ncccn1. The van der Waals surface area contributed by atoms with Crippen molar-refractivity contribution >= 4 is 15.9 Å². The Morgan fingerprint density at radius 1 is 1.44 bits per heavy atom. The van der Waals surface area contributed by atoms with Crippen LogP contribution in [0.2, 0.25) is 0 Å². The minimum atomic E-state index is -0.0362. The molecule has 0 spiro atoms. The molecule has 0 aromatic carbocycles. The molecule has 0 fully saturated rings. The third kappa shape index (κ3) is 1.92. The van der Waals surface area contributed by atoms with Crippen LogP contribution in [-0.4, -0.2) is 24.7 Å². The lowest BCUT2D eigenvalue weighted by atomic mass is 10.4. The fraction of sp³-hybridized carbons (Fsp3) is 0.222. The molecule has 0 amide bonds. The van der Waals surface area contributed by atoms with Gasteiger partial charge in [-0.25, -0.2) is 15.0 Å². The van der Waals surface area contributed by atoms with Gasteiger partial charge in [0.25, 0.3) is 11.8 Å². The lowest BCUT2D eigenvalue weighted by Crippen LogP contribution is -2.07. The molecule has 0 aliphatic heterocycles. The summed E-state index contributed by atoms with van der Waals surface area (Å²) in [5.41, 5.74) is 0. The first-order valence-corrected chi connectivity index (χ1v) is 5.42. The normalized spacial score (nSPS) is 12.1. The van der Waals surface area contributed by atoms with Crippen LogP contribution >= 0.6 is 15.9 Å². The summed E-state index contributed by atoms with van der Waals surface area (Å²) in [5, 5.41) is 12.8. The molecule has 6 nitrogen and oxygen atoms in total. The molecule has 7 heteroatoms. The summed E-state index contributed by atoms with van der Waals surface area (Å²) in [6.07, 6.45) is 3.22. The van der Waals surface area contributed by atoms with Crippen molar-refractivity contribution < 1.29 is 0 Å². The second-order valence-corrected chi connectivity index (χ2v) is 4.36. The van der Waals surface area contributed by atoms with Crippen LogP contribution in [0.15, 0.2) is 18.5 Å². The van der Waals surface area contributed by atoms with Gasteiger partial charge in [0, 0.05) is 12.4 Å². The average molecular weight is 279 g/mol. The monoisotopic (exact) mass is 278 g/mol. The highest BCUT2D eigenvalue weighted by atomic mass is 79.9. The van der Waals surface area contributed by atoms with Crippen LogP contribution in [0.4, 0.5) is 0 Å². The van der Waals surface area contributed by atoms with Gasteiger partial charge in [-0.05, 0) is 13.0 Å². The molecule has 0 aliphatic rings. The highest BCUT2D eigenvalue weighted by molar-refractivity contribution is 9.09. The van der Waals surface area contributed by atoms with E-state index >= 15 is 0 Å². The Balaban J connectivity index is 2.56. The smallest absolute Gasteiger partial charge is 0.220 e. The van der Waals surface area contributed by atoms with E-state index in [0.29, 0.717) is 11.8 Å². The number of alkyl halides is 1. The maximum absolute atomic E-state index is 8.76. The van der Waals surface area contributed by atoms with Crippen molar-refractivity contribution in [2.75, 3.05) is 0 Å². The Hall–Kier alpha value is -1.81. The lowest BCUT2D eigenvalue weighted by molar-refractivity contribution is 0.747. The molecule has 0 saturated heterocycles. The number of hydrogen-bond donors (Lipinski definition) is 0. The van der Waals surface area contributed by atoms with E-state index < -0.39 is 0 Å². The number of hydrogen-bond acceptors (Lipinski definition) is 5. The highest BCUT2D eigenvalue weighted by Crippen LogP contribution is 2.20. The zero-order valence-corrected chi connectivity index (χ0v) is 9.96. The Kier molecular flexibility index (Phi) is 2.92. The van der Waals surface area contributed by atoms with Gasteiger partial charge in [0.15, 0.2) is 5.82 Å². The van der Waals surface area contributed by atoms with Crippen LogP contribution in [0.1, 0.15) is 23.4 Å². The summed E-state index contributed by atoms with van der Waals surface area (Å²) >= 11 is 3.38. The largest absolute Gasteiger partial charge is 0.252 e. The molecule has 2 aromatic heterocycles. The quantitative estimate of drug-likeness (QED) is 0.776. The van der Waals surface area contributed by atoms with Crippen molar-refractivity contribution in [2.45, 2.75) is 11.8 Å². The second kappa shape index (κ2) is 4.37. The van der Waals surface area contributed by atoms with E-state index in [2.05, 4.69) is 36.0 Å². The predicted octanol–water partition coefficient (Wildman–Crippen LogP) is 1.38. The van der Waals surface area contributed by atoms with Crippen molar-refractivity contribution in [1.82, 2.24) is 24.7 Å². The predicted molar refractivity (Wildman–Crippen MR) is 59.0 cm³/mol. The maximum atomic E-state index is 8.76. The number of halogens is 1. The fourth-order valence-electron chi connectivity index (χ4n) is 1.18. The zero-order chi connectivity index (χ0) is 11.5. The lowest BCUT2D eigenvalue weighted by Gasteiger charge is -2.03. The molecule has 0 bridgehead atoms. The van der Waals surface area contributed by atoms with E-state index in [1.165, 1.54) is 4.68 Å². The van der Waals surface area contributed by atoms with Gasteiger partial charge in [0.05, 0.1) is 4.83 Å². The molecule has 2 rings (SSSR count). The molecule has 2 aromatic rings. The van der Waals surface area contributed by atoms with Gasteiger partial charge in [-0.3, -0.25) is 0 Å². The van der Waals surface area contributed by atoms with Crippen molar-refractivity contribution in [3.63, 3.8) is 0 Å². The van der Waals surface area contributed by atoms with E-state index in [4.69, 9.17) is 5.26 Å². The van der Waals surface area contributed by atoms with Gasteiger partial charge in [-0.15, -0.1) is 5.10 Å². The van der Waals surface area contributed by atoms with Crippen LogP contribution in [0.25, 0.3) is 5.95 Å². The number of rotatable bonds is 2. The Morgan fingerprint density at radius 2 is 2.12 bits per heavy atom. The second-order valence-electron chi connectivity index (χ2n) is 2.98. The van der Waals surface area contributed by atoms with Crippen molar-refractivity contribution in [3.05, 3.63) is 30.1 Å². The molecule has 1 atom stereocenters. The summed E-state index contributed by atoms with van der Waals surface area (Å²) in [7, 11) is 0. The molecular weight excluding hydrogens is 272 g/mol. The summed E-state index contributed by atoms with van der Waals surface area (Å²) in [5.74, 6) is 1.11. The molecule has 16 heavy (non-hydrogen) atoms. The molecular formula is C9H7BrN6. The van der Waals surface area contributed by atoms with Gasteiger partial charge in [-0.1, -0.05) is 15.9 Å². The van der Waals surface area contributed by atoms with Crippen LogP contribution in [0, 0.1) is 11.3 Å². The van der Waals surface area contributed by atoms with Crippen molar-refractivity contribution in [2.24, 2.45) is 0 Å². The minimum Gasteiger partial charge on any atom is -0.220 e. The van der Waals surface area contributed by atoms with Gasteiger partial charge >= 0.3 is 0 Å². The first kappa shape index (κ1) is 10.7. The van der Waals surface area contributed by atoms with Crippen LogP contribution in [0.5, 0.6) is 0 Å². The van der Waals surface area contributed by atoms with Crippen molar-refractivity contribution in [3.8, 4) is 12.0 Å². The molecule has 0 saturated carbocycles. The van der Waals surface area contributed by atoms with Crippen LogP contribution < -0.4 is 0 Å². The highest BCUT2D eigenvalue weighted by Gasteiger charge is 2.16. The van der Waals surface area contributed by atoms with Gasteiger partial charge in [0.1, 0.15) is 6.07 Å². The topological polar surface area (TPSA) is 80.3 Å². The van der Waals surface area contributed by atoms with E-state index in [1.54, 1.807) is 18.5 Å². The van der Waals surface area contributed by atoms with Gasteiger partial charge in [0.2, 0.25) is 0 Å². The van der Waals surface area contributed by atoms with E-state index in [9.17, 15) is 0 Å². The Bertz CT molecular complexity index is 527. The van der Waals surface area contributed by atoms with Gasteiger partial charge in [-0.2, -0.15) is 9.94 Å². The first-order chi connectivity index (χ1) is 7.72. The molecule has 0 radical (unpaired) electrons. The van der Waals surface area contributed by atoms with Gasteiger partial charge < -0.3 is 0 Å². The summed E-state index contributed by atoms with van der Waals surface area (Å²) < 4.78 is 1.46. The van der Waals surface area contributed by atoms with Crippen LogP contribution in [-0.2, 0) is 0 Å². The molecule has 0 aliphatic carbocycles. The third-order valence-electron chi connectivity index (χ3n) is 1.83. The Morgan fingerprint density at radius 3 is 2.69 bits per heavy atom. The molecule has 0 N–H and O–H groups in total. The number of nitriles is 1. The summed E-state index contributed by atoms with van der Waals surface area (Å²) in [4.78, 5) is 12.1. The molecule has 1 unspecified atom stereocenters. The Labute approximate surface area is 100 Å². The zero-order valence-electron chi connectivity index (χ0n) is 8.37. The standard InChI is InChI=1S/C9H7BrN6/c1-6(10)8-14-7(5-11)15-16(8)9-12-3-2-4-13-9/h2-4,6H,1H3. The fourth-order valence-corrected chi connectivity index (χ4v) is 1.47. The van der Waals surface area contributed by atoms with Crippen molar-refractivity contribution in [1.29, 1.82) is 5.26 Å². The maximum Gasteiger partial charge on any atom is 0.252 e. The third-order valence-corrected chi connectivity index (χ3v) is 2.24. The van der Waals surface area contributed by atoms with E-state index in [0.717, 1.165) is 0 Å². The van der Waals surface area contributed by atoms with Crippen LogP contribution in [0.3, 0.4) is 0 Å². The van der Waals surface area contributed by atoms with E-state index in [-0.39, 0.29) is 10.7 Å². The van der Waals surface area contributed by atoms with E-state index in [1.807, 2.05) is 13.0 Å². The first-order valence-electron chi connectivity index (χ1n) is 4.51. The molecule has 2 heterocycles.